The van der Waals surface area contributed by atoms with Crippen molar-refractivity contribution in [2.45, 2.75) is 37.7 Å². The summed E-state index contributed by atoms with van der Waals surface area (Å²) in [5.74, 6) is 0.711. The minimum absolute atomic E-state index is 0.118. The summed E-state index contributed by atoms with van der Waals surface area (Å²) in [4.78, 5) is 0.118. The van der Waals surface area contributed by atoms with E-state index in [4.69, 9.17) is 14.6 Å². The minimum Gasteiger partial charge on any atom is -0.490 e. The first-order valence-electron chi connectivity index (χ1n) is 6.26. The zero-order chi connectivity index (χ0) is 14.0. The maximum atomic E-state index is 11.3. The number of sulfonamides is 1. The fourth-order valence-electron chi connectivity index (χ4n) is 2.25. The third-order valence-corrected chi connectivity index (χ3v) is 4.09. The van der Waals surface area contributed by atoms with Crippen LogP contribution in [0.4, 0.5) is 0 Å². The van der Waals surface area contributed by atoms with Crippen molar-refractivity contribution in [1.29, 1.82) is 0 Å². The molecule has 6 heteroatoms. The van der Waals surface area contributed by atoms with Crippen molar-refractivity contribution in [3.63, 3.8) is 0 Å². The quantitative estimate of drug-likeness (QED) is 0.909. The highest BCUT2D eigenvalue weighted by molar-refractivity contribution is 7.89. The van der Waals surface area contributed by atoms with Crippen LogP contribution in [-0.2, 0) is 14.8 Å². The van der Waals surface area contributed by atoms with Gasteiger partial charge < -0.3 is 9.47 Å². The number of ether oxygens (including phenoxy) is 2. The Morgan fingerprint density at radius 2 is 2.00 bits per heavy atom. The van der Waals surface area contributed by atoms with E-state index >= 15 is 0 Å². The summed E-state index contributed by atoms with van der Waals surface area (Å²) in [5.41, 5.74) is 1.53. The van der Waals surface area contributed by atoms with E-state index in [9.17, 15) is 8.42 Å². The molecule has 1 unspecified atom stereocenters. The van der Waals surface area contributed by atoms with Gasteiger partial charge in [-0.15, -0.1) is 0 Å². The predicted octanol–water partition coefficient (Wildman–Crippen LogP) is 1.51. The molecule has 1 aromatic carbocycles. The van der Waals surface area contributed by atoms with Gasteiger partial charge >= 0.3 is 0 Å². The van der Waals surface area contributed by atoms with Gasteiger partial charge in [-0.2, -0.15) is 0 Å². The fourth-order valence-corrected chi connectivity index (χ4v) is 2.94. The third kappa shape index (κ3) is 3.46. The molecule has 1 saturated heterocycles. The molecule has 19 heavy (non-hydrogen) atoms. The second-order valence-corrected chi connectivity index (χ2v) is 6.44. The van der Waals surface area contributed by atoms with Crippen LogP contribution in [0.1, 0.15) is 24.0 Å². The number of nitrogens with two attached hydrogens (primary N) is 1. The zero-order valence-electron chi connectivity index (χ0n) is 11.2. The summed E-state index contributed by atoms with van der Waals surface area (Å²) in [6.07, 6.45) is 2.21. The summed E-state index contributed by atoms with van der Waals surface area (Å²) in [7, 11) is -3.68. The Morgan fingerprint density at radius 1 is 1.37 bits per heavy atom. The first kappa shape index (κ1) is 14.3. The van der Waals surface area contributed by atoms with E-state index in [2.05, 4.69) is 0 Å². The van der Waals surface area contributed by atoms with Crippen LogP contribution in [0.3, 0.4) is 0 Å². The van der Waals surface area contributed by atoms with Crippen LogP contribution in [-0.4, -0.2) is 27.7 Å². The lowest BCUT2D eigenvalue weighted by Gasteiger charge is -2.16. The molecule has 1 atom stereocenters. The highest BCUT2D eigenvalue weighted by atomic mass is 32.2. The van der Waals surface area contributed by atoms with Crippen LogP contribution in [0, 0.1) is 13.8 Å². The van der Waals surface area contributed by atoms with Gasteiger partial charge in [-0.05, 0) is 49.9 Å². The van der Waals surface area contributed by atoms with Crippen molar-refractivity contribution in [2.24, 2.45) is 5.14 Å². The Hall–Kier alpha value is -1.11. The Bertz CT molecular complexity index is 539. The summed E-state index contributed by atoms with van der Waals surface area (Å²) >= 11 is 0. The van der Waals surface area contributed by atoms with Crippen LogP contribution in [0.15, 0.2) is 17.0 Å². The lowest BCUT2D eigenvalue weighted by Crippen LogP contribution is -2.18. The monoisotopic (exact) mass is 285 g/mol. The van der Waals surface area contributed by atoms with Crippen molar-refractivity contribution in [3.8, 4) is 5.75 Å². The largest absolute Gasteiger partial charge is 0.490 e. The lowest BCUT2D eigenvalue weighted by atomic mass is 10.1. The maximum absolute atomic E-state index is 11.3. The first-order valence-corrected chi connectivity index (χ1v) is 7.81. The molecular formula is C13H19NO4S. The van der Waals surface area contributed by atoms with Gasteiger partial charge in [0.15, 0.2) is 0 Å². The Labute approximate surface area is 113 Å². The van der Waals surface area contributed by atoms with E-state index in [-0.39, 0.29) is 11.0 Å². The van der Waals surface area contributed by atoms with Gasteiger partial charge in [0.2, 0.25) is 10.0 Å². The molecular weight excluding hydrogens is 266 g/mol. The molecule has 0 aromatic heterocycles. The van der Waals surface area contributed by atoms with Gasteiger partial charge in [0, 0.05) is 6.61 Å². The molecule has 0 saturated carbocycles. The van der Waals surface area contributed by atoms with Crippen LogP contribution in [0.2, 0.25) is 0 Å². The highest BCUT2D eigenvalue weighted by Crippen LogP contribution is 2.27. The van der Waals surface area contributed by atoms with Gasteiger partial charge in [-0.1, -0.05) is 0 Å². The number of benzene rings is 1. The normalized spacial score (nSPS) is 19.6. The molecule has 0 aliphatic carbocycles. The number of primary sulfonamides is 1. The molecule has 2 rings (SSSR count). The molecule has 1 heterocycles. The Balaban J connectivity index is 2.17. The lowest BCUT2D eigenvalue weighted by molar-refractivity contribution is 0.0674. The van der Waals surface area contributed by atoms with Crippen molar-refractivity contribution >= 4 is 10.0 Å². The standard InChI is InChI=1S/C13H19NO4S/c1-9-6-12(19(14,15)16)7-10(2)13(9)18-8-11-4-3-5-17-11/h6-7,11H,3-5,8H2,1-2H3,(H2,14,15,16). The topological polar surface area (TPSA) is 78.6 Å². The number of aryl methyl sites for hydroxylation is 2. The summed E-state index contributed by atoms with van der Waals surface area (Å²) < 4.78 is 33.9. The molecule has 1 aliphatic rings. The van der Waals surface area contributed by atoms with E-state index in [1.54, 1.807) is 0 Å². The molecule has 106 valence electrons. The van der Waals surface area contributed by atoms with Crippen LogP contribution in [0.5, 0.6) is 5.75 Å². The molecule has 1 fully saturated rings. The number of rotatable bonds is 4. The summed E-state index contributed by atoms with van der Waals surface area (Å²) in [6, 6.07) is 3.07. The highest BCUT2D eigenvalue weighted by Gasteiger charge is 2.18. The van der Waals surface area contributed by atoms with E-state index < -0.39 is 10.0 Å². The molecule has 1 aliphatic heterocycles. The van der Waals surface area contributed by atoms with Gasteiger partial charge in [-0.25, -0.2) is 13.6 Å². The molecule has 0 bridgehead atoms. The summed E-state index contributed by atoms with van der Waals surface area (Å²) in [5, 5.41) is 5.13. The molecule has 1 aromatic rings. The second kappa shape index (κ2) is 5.48. The van der Waals surface area contributed by atoms with Crippen molar-refractivity contribution < 1.29 is 17.9 Å². The van der Waals surface area contributed by atoms with E-state index in [0.717, 1.165) is 30.6 Å². The van der Waals surface area contributed by atoms with Gasteiger partial charge in [0.25, 0.3) is 0 Å². The van der Waals surface area contributed by atoms with Crippen LogP contribution >= 0.6 is 0 Å². The van der Waals surface area contributed by atoms with Crippen molar-refractivity contribution in [3.05, 3.63) is 23.3 Å². The van der Waals surface area contributed by atoms with Crippen molar-refractivity contribution in [1.82, 2.24) is 0 Å². The molecule has 5 nitrogen and oxygen atoms in total. The molecule has 0 spiro atoms. The predicted molar refractivity (Wildman–Crippen MR) is 71.8 cm³/mol. The van der Waals surface area contributed by atoms with E-state index in [1.807, 2.05) is 13.8 Å². The Morgan fingerprint density at radius 3 is 2.47 bits per heavy atom. The van der Waals surface area contributed by atoms with E-state index in [0.29, 0.717) is 12.4 Å². The molecule has 0 amide bonds. The summed E-state index contributed by atoms with van der Waals surface area (Å²) in [6.45, 7) is 4.91. The first-order chi connectivity index (χ1) is 8.88. The minimum atomic E-state index is -3.68. The Kier molecular flexibility index (Phi) is 4.13. The van der Waals surface area contributed by atoms with Gasteiger partial charge in [0.05, 0.1) is 11.0 Å². The van der Waals surface area contributed by atoms with Gasteiger partial charge in [-0.3, -0.25) is 0 Å². The fraction of sp³-hybridized carbons (Fsp3) is 0.538. The maximum Gasteiger partial charge on any atom is 0.238 e. The zero-order valence-corrected chi connectivity index (χ0v) is 12.0. The SMILES string of the molecule is Cc1cc(S(N)(=O)=O)cc(C)c1OCC1CCCO1. The third-order valence-electron chi connectivity index (χ3n) is 3.20. The van der Waals surface area contributed by atoms with Crippen LogP contribution in [0.25, 0.3) is 0 Å². The molecule has 2 N–H and O–H groups in total. The van der Waals surface area contributed by atoms with Crippen LogP contribution < -0.4 is 9.88 Å². The smallest absolute Gasteiger partial charge is 0.238 e. The van der Waals surface area contributed by atoms with Crippen molar-refractivity contribution in [2.75, 3.05) is 13.2 Å². The number of hydrogen-bond donors (Lipinski definition) is 1. The number of hydrogen-bond acceptors (Lipinski definition) is 4. The van der Waals surface area contributed by atoms with Gasteiger partial charge in [0.1, 0.15) is 12.4 Å². The average Bonchev–Trinajstić information content (AvgIpc) is 2.79. The second-order valence-electron chi connectivity index (χ2n) is 4.88. The van der Waals surface area contributed by atoms with E-state index in [1.165, 1.54) is 12.1 Å². The molecule has 0 radical (unpaired) electrons. The average molecular weight is 285 g/mol.